The van der Waals surface area contributed by atoms with Gasteiger partial charge in [-0.2, -0.15) is 5.26 Å². The fourth-order valence-corrected chi connectivity index (χ4v) is 0.309. The summed E-state index contributed by atoms with van der Waals surface area (Å²) < 4.78 is 9.53. The summed E-state index contributed by atoms with van der Waals surface area (Å²) in [5.41, 5.74) is 0. The average molecular weight is 161 g/mol. The molecule has 0 rings (SSSR count). The summed E-state index contributed by atoms with van der Waals surface area (Å²) in [6.07, 6.45) is 0. The molecule has 0 heterocycles. The second-order valence-corrected chi connectivity index (χ2v) is 1.55. The van der Waals surface area contributed by atoms with Crippen molar-refractivity contribution in [2.75, 3.05) is 33.5 Å². The van der Waals surface area contributed by atoms with Crippen LogP contribution in [0.15, 0.2) is 0 Å². The van der Waals surface area contributed by atoms with Crippen LogP contribution in [0, 0.1) is 11.3 Å². The lowest BCUT2D eigenvalue weighted by molar-refractivity contribution is 0.0500. The fraction of sp³-hybridized carbons (Fsp3) is 0.857. The Kier molecular flexibility index (Phi) is 19.1. The van der Waals surface area contributed by atoms with E-state index in [1.165, 1.54) is 6.92 Å². The van der Waals surface area contributed by atoms with Crippen LogP contribution in [0.5, 0.6) is 0 Å². The number of hydrogen-bond acceptors (Lipinski definition) is 4. The summed E-state index contributed by atoms with van der Waals surface area (Å²) in [6.45, 7) is 3.09. The quantitative estimate of drug-likeness (QED) is 0.584. The molecule has 0 atom stereocenters. The molecule has 0 spiro atoms. The Morgan fingerprint density at radius 2 is 1.91 bits per heavy atom. The van der Waals surface area contributed by atoms with Crippen LogP contribution in [0.3, 0.4) is 0 Å². The first-order valence-corrected chi connectivity index (χ1v) is 3.31. The molecule has 1 N–H and O–H groups in total. The van der Waals surface area contributed by atoms with Crippen molar-refractivity contribution in [2.45, 2.75) is 6.92 Å². The first-order valence-electron chi connectivity index (χ1n) is 3.31. The molecule has 0 radical (unpaired) electrons. The number of methoxy groups -OCH3 is 1. The number of aliphatic hydroxyl groups is 1. The van der Waals surface area contributed by atoms with E-state index in [0.717, 1.165) is 0 Å². The summed E-state index contributed by atoms with van der Waals surface area (Å²) in [6, 6.07) is 1.75. The lowest BCUT2D eigenvalue weighted by Gasteiger charge is -1.98. The fourth-order valence-electron chi connectivity index (χ4n) is 0.309. The maximum atomic E-state index is 8.20. The molecule has 0 aromatic carbocycles. The molecule has 0 amide bonds. The molecule has 0 aromatic heterocycles. The van der Waals surface area contributed by atoms with Gasteiger partial charge in [0.25, 0.3) is 0 Å². The van der Waals surface area contributed by atoms with Crippen LogP contribution < -0.4 is 0 Å². The van der Waals surface area contributed by atoms with E-state index in [-0.39, 0.29) is 6.61 Å². The van der Waals surface area contributed by atoms with E-state index in [1.54, 1.807) is 13.2 Å². The van der Waals surface area contributed by atoms with Crippen molar-refractivity contribution in [3.05, 3.63) is 0 Å². The smallest absolute Gasteiger partial charge is 0.0701 e. The molecule has 0 fully saturated rings. The third kappa shape index (κ3) is 26.7. The number of nitrogens with zero attached hydrogens (tertiary/aromatic N) is 1. The number of rotatable bonds is 5. The molecule has 0 saturated heterocycles. The molecule has 4 nitrogen and oxygen atoms in total. The molecule has 0 bridgehead atoms. The van der Waals surface area contributed by atoms with Gasteiger partial charge in [0.1, 0.15) is 0 Å². The molecule has 4 heteroatoms. The van der Waals surface area contributed by atoms with Gasteiger partial charge in [0.15, 0.2) is 0 Å². The van der Waals surface area contributed by atoms with Crippen LogP contribution in [0.25, 0.3) is 0 Å². The summed E-state index contributed by atoms with van der Waals surface area (Å²) in [7, 11) is 1.61. The van der Waals surface area contributed by atoms with Crippen molar-refractivity contribution in [2.24, 2.45) is 0 Å². The molecule has 11 heavy (non-hydrogen) atoms. The van der Waals surface area contributed by atoms with E-state index in [4.69, 9.17) is 15.1 Å². The van der Waals surface area contributed by atoms with Gasteiger partial charge >= 0.3 is 0 Å². The largest absolute Gasteiger partial charge is 0.394 e. The van der Waals surface area contributed by atoms with Gasteiger partial charge in [-0.05, 0) is 0 Å². The zero-order chi connectivity index (χ0) is 8.95. The Morgan fingerprint density at radius 3 is 2.27 bits per heavy atom. The third-order valence-corrected chi connectivity index (χ3v) is 0.667. The average Bonchev–Trinajstić information content (AvgIpc) is 2.00. The number of hydrogen-bond donors (Lipinski definition) is 1. The topological polar surface area (TPSA) is 62.5 Å². The lowest BCUT2D eigenvalue weighted by atomic mass is 10.7. The van der Waals surface area contributed by atoms with Crippen molar-refractivity contribution >= 4 is 0 Å². The van der Waals surface area contributed by atoms with E-state index < -0.39 is 0 Å². The predicted octanol–water partition coefficient (Wildman–Crippen LogP) is 0.172. The lowest BCUT2D eigenvalue weighted by Crippen LogP contribution is -2.05. The van der Waals surface area contributed by atoms with Crippen LogP contribution in [-0.4, -0.2) is 38.6 Å². The normalized spacial score (nSPS) is 7.82. The van der Waals surface area contributed by atoms with E-state index in [2.05, 4.69) is 4.74 Å². The molecule has 0 unspecified atom stereocenters. The Bertz CT molecular complexity index is 84.2. The minimum Gasteiger partial charge on any atom is -0.394 e. The summed E-state index contributed by atoms with van der Waals surface area (Å²) >= 11 is 0. The Labute approximate surface area is 67.3 Å². The van der Waals surface area contributed by atoms with Gasteiger partial charge in [-0.1, -0.05) is 0 Å². The van der Waals surface area contributed by atoms with Crippen LogP contribution in [0.2, 0.25) is 0 Å². The van der Waals surface area contributed by atoms with Gasteiger partial charge in [-0.25, -0.2) is 0 Å². The summed E-state index contributed by atoms with van der Waals surface area (Å²) in [5, 5.41) is 15.5. The van der Waals surface area contributed by atoms with Crippen molar-refractivity contribution in [3.63, 3.8) is 0 Å². The molecule has 0 aliphatic rings. The zero-order valence-electron chi connectivity index (χ0n) is 7.04. The second-order valence-electron chi connectivity index (χ2n) is 1.55. The number of nitriles is 1. The highest BCUT2D eigenvalue weighted by atomic mass is 16.5. The van der Waals surface area contributed by atoms with Crippen LogP contribution in [-0.2, 0) is 9.47 Å². The Balaban J connectivity index is 0. The molecular formula is C7H15NO3. The molecule has 66 valence electrons. The highest BCUT2D eigenvalue weighted by Gasteiger charge is 1.82. The van der Waals surface area contributed by atoms with E-state index in [0.29, 0.717) is 19.8 Å². The van der Waals surface area contributed by atoms with Crippen molar-refractivity contribution in [3.8, 4) is 6.07 Å². The van der Waals surface area contributed by atoms with Gasteiger partial charge in [-0.3, -0.25) is 0 Å². The molecule has 0 aliphatic carbocycles. The first-order chi connectivity index (χ1) is 5.33. The second kappa shape index (κ2) is 16.2. The SMILES string of the molecule is CC#N.COCCOCCO. The molecule has 0 saturated carbocycles. The van der Waals surface area contributed by atoms with E-state index in [1.807, 2.05) is 0 Å². The summed E-state index contributed by atoms with van der Waals surface area (Å²) in [4.78, 5) is 0. The molecular weight excluding hydrogens is 146 g/mol. The zero-order valence-corrected chi connectivity index (χ0v) is 7.04. The highest BCUT2D eigenvalue weighted by molar-refractivity contribution is 4.51. The minimum atomic E-state index is 0.0870. The number of ether oxygens (including phenoxy) is 2. The molecule has 0 aromatic rings. The maximum Gasteiger partial charge on any atom is 0.0701 e. The monoisotopic (exact) mass is 161 g/mol. The molecule has 0 aliphatic heterocycles. The van der Waals surface area contributed by atoms with Gasteiger partial charge in [0.05, 0.1) is 32.5 Å². The predicted molar refractivity (Wildman–Crippen MR) is 41.1 cm³/mol. The van der Waals surface area contributed by atoms with Crippen LogP contribution >= 0.6 is 0 Å². The van der Waals surface area contributed by atoms with Gasteiger partial charge in [0.2, 0.25) is 0 Å². The van der Waals surface area contributed by atoms with E-state index >= 15 is 0 Å². The van der Waals surface area contributed by atoms with Crippen molar-refractivity contribution in [1.82, 2.24) is 0 Å². The van der Waals surface area contributed by atoms with Gasteiger partial charge in [0, 0.05) is 14.0 Å². The Morgan fingerprint density at radius 1 is 1.36 bits per heavy atom. The van der Waals surface area contributed by atoms with Crippen molar-refractivity contribution in [1.29, 1.82) is 5.26 Å². The van der Waals surface area contributed by atoms with Gasteiger partial charge in [-0.15, -0.1) is 0 Å². The van der Waals surface area contributed by atoms with Crippen LogP contribution in [0.4, 0.5) is 0 Å². The standard InChI is InChI=1S/C5H12O3.C2H3N/c1-7-4-5-8-3-2-6;1-2-3/h6H,2-5H2,1H3;1H3. The first kappa shape index (κ1) is 13.0. The van der Waals surface area contributed by atoms with Gasteiger partial charge < -0.3 is 14.6 Å². The number of aliphatic hydroxyl groups excluding tert-OH is 1. The highest BCUT2D eigenvalue weighted by Crippen LogP contribution is 1.72. The van der Waals surface area contributed by atoms with Crippen molar-refractivity contribution < 1.29 is 14.6 Å². The summed E-state index contributed by atoms with van der Waals surface area (Å²) in [5.74, 6) is 0. The Hall–Kier alpha value is -0.630. The van der Waals surface area contributed by atoms with Crippen LogP contribution in [0.1, 0.15) is 6.92 Å². The third-order valence-electron chi connectivity index (χ3n) is 0.667. The van der Waals surface area contributed by atoms with E-state index in [9.17, 15) is 0 Å². The minimum absolute atomic E-state index is 0.0870. The maximum absolute atomic E-state index is 8.20.